The zero-order valence-electron chi connectivity index (χ0n) is 17.8. The van der Waals surface area contributed by atoms with Gasteiger partial charge in [0.15, 0.2) is 5.01 Å². The molecule has 0 aliphatic heterocycles. The minimum Gasteiger partial charge on any atom is -0.496 e. The molecule has 2 N–H and O–H groups in total. The number of carbonyl (C=O) groups excluding carboxylic acids is 1. The molecule has 9 nitrogen and oxygen atoms in total. The Morgan fingerprint density at radius 1 is 1.21 bits per heavy atom. The Balaban J connectivity index is 1.65. The molecular weight excluding hydrogens is 447 g/mol. The molecule has 33 heavy (non-hydrogen) atoms. The monoisotopic (exact) mass is 464 g/mol. The van der Waals surface area contributed by atoms with Crippen LogP contribution in [0.4, 0.5) is 9.52 Å². The average molecular weight is 464 g/mol. The first kappa shape index (κ1) is 21.9. The van der Waals surface area contributed by atoms with Crippen molar-refractivity contribution in [3.63, 3.8) is 0 Å². The Morgan fingerprint density at radius 3 is 2.76 bits per heavy atom. The van der Waals surface area contributed by atoms with E-state index < -0.39 is 17.3 Å². The number of pyridine rings is 1. The molecule has 3 heterocycles. The summed E-state index contributed by atoms with van der Waals surface area (Å²) < 4.78 is 20.6. The normalized spacial score (nSPS) is 10.4. The quantitative estimate of drug-likeness (QED) is 0.449. The number of anilines is 1. The number of aromatic nitrogens is 5. The minimum absolute atomic E-state index is 0.0387. The summed E-state index contributed by atoms with van der Waals surface area (Å²) >= 11 is 1.07. The van der Waals surface area contributed by atoms with Gasteiger partial charge in [-0.2, -0.15) is 5.10 Å². The van der Waals surface area contributed by atoms with E-state index >= 15 is 0 Å². The van der Waals surface area contributed by atoms with Crippen molar-refractivity contribution in [2.75, 3.05) is 12.4 Å². The van der Waals surface area contributed by atoms with Crippen LogP contribution >= 0.6 is 11.3 Å². The number of nitrogens with zero attached hydrogens (tertiary/aromatic N) is 4. The number of amides is 1. The van der Waals surface area contributed by atoms with E-state index in [1.807, 2.05) is 6.92 Å². The molecule has 0 bridgehead atoms. The van der Waals surface area contributed by atoms with Gasteiger partial charge in [0, 0.05) is 36.1 Å². The van der Waals surface area contributed by atoms with Crippen LogP contribution in [0.25, 0.3) is 11.1 Å². The molecule has 0 spiro atoms. The number of hydrogen-bond acceptors (Lipinski definition) is 7. The van der Waals surface area contributed by atoms with E-state index in [2.05, 4.69) is 37.6 Å². The standard InChI is InChI=1S/C22H17FN6O3S/c1-12-8-14(26-25-12)5-7-19-27-28-22(33-19)24-21(31)16-10-20(30)29(2)11-17(16)15-9-13(23)4-6-18(15)32-3/h4,6,8-11H,1-3H3,(H,25,26)(H,24,28,31). The van der Waals surface area contributed by atoms with Crippen LogP contribution in [-0.4, -0.2) is 38.0 Å². The predicted octanol–water partition coefficient (Wildman–Crippen LogP) is 2.74. The molecule has 4 rings (SSSR count). The lowest BCUT2D eigenvalue weighted by atomic mass is 10.00. The lowest BCUT2D eigenvalue weighted by molar-refractivity contribution is 0.102. The lowest BCUT2D eigenvalue weighted by Crippen LogP contribution is -2.21. The number of ether oxygens (including phenoxy) is 1. The SMILES string of the molecule is COc1ccc(F)cc1-c1cn(C)c(=O)cc1C(=O)Nc1nnc(C#Cc2cc(C)[nH]n2)s1. The van der Waals surface area contributed by atoms with E-state index in [4.69, 9.17) is 4.74 Å². The first-order valence-electron chi connectivity index (χ1n) is 9.57. The van der Waals surface area contributed by atoms with E-state index in [1.54, 1.807) is 6.07 Å². The number of methoxy groups -OCH3 is 1. The largest absolute Gasteiger partial charge is 0.496 e. The Bertz CT molecular complexity index is 1480. The molecule has 0 saturated heterocycles. The van der Waals surface area contributed by atoms with Crippen molar-refractivity contribution in [2.45, 2.75) is 6.92 Å². The average Bonchev–Trinajstić information content (AvgIpc) is 3.42. The molecular formula is C22H17FN6O3S. The molecule has 1 aromatic carbocycles. The highest BCUT2D eigenvalue weighted by molar-refractivity contribution is 7.15. The van der Waals surface area contributed by atoms with Crippen LogP contribution in [0.1, 0.15) is 26.8 Å². The van der Waals surface area contributed by atoms with Crippen LogP contribution in [0.5, 0.6) is 5.75 Å². The third-order valence-electron chi connectivity index (χ3n) is 4.57. The van der Waals surface area contributed by atoms with Gasteiger partial charge in [-0.1, -0.05) is 11.3 Å². The topological polar surface area (TPSA) is 115 Å². The molecule has 0 aliphatic carbocycles. The second kappa shape index (κ2) is 9.05. The van der Waals surface area contributed by atoms with E-state index in [9.17, 15) is 14.0 Å². The van der Waals surface area contributed by atoms with E-state index in [0.717, 1.165) is 17.0 Å². The van der Waals surface area contributed by atoms with Crippen LogP contribution in [0.3, 0.4) is 0 Å². The summed E-state index contributed by atoms with van der Waals surface area (Å²) in [6.07, 6.45) is 1.46. The molecule has 1 amide bonds. The van der Waals surface area contributed by atoms with Gasteiger partial charge in [0.1, 0.15) is 17.3 Å². The van der Waals surface area contributed by atoms with Gasteiger partial charge in [0.05, 0.1) is 12.7 Å². The van der Waals surface area contributed by atoms with Crippen LogP contribution in [-0.2, 0) is 7.05 Å². The number of halogens is 1. The molecule has 0 unspecified atom stereocenters. The summed E-state index contributed by atoms with van der Waals surface area (Å²) in [4.78, 5) is 25.3. The van der Waals surface area contributed by atoms with Crippen molar-refractivity contribution in [3.8, 4) is 28.7 Å². The molecule has 0 aliphatic rings. The molecule has 0 saturated carbocycles. The second-order valence-electron chi connectivity index (χ2n) is 6.95. The van der Waals surface area contributed by atoms with Crippen molar-refractivity contribution in [1.29, 1.82) is 0 Å². The van der Waals surface area contributed by atoms with Crippen molar-refractivity contribution < 1.29 is 13.9 Å². The Kier molecular flexibility index (Phi) is 6.01. The van der Waals surface area contributed by atoms with Crippen LogP contribution in [0, 0.1) is 24.6 Å². The van der Waals surface area contributed by atoms with Gasteiger partial charge < -0.3 is 9.30 Å². The van der Waals surface area contributed by atoms with Crippen LogP contribution in [0.15, 0.2) is 41.3 Å². The molecule has 0 radical (unpaired) electrons. The van der Waals surface area contributed by atoms with Gasteiger partial charge in [-0.15, -0.1) is 10.2 Å². The zero-order valence-corrected chi connectivity index (χ0v) is 18.6. The Hall–Kier alpha value is -4.30. The molecule has 0 fully saturated rings. The number of aryl methyl sites for hydroxylation is 2. The summed E-state index contributed by atoms with van der Waals surface area (Å²) in [7, 11) is 2.97. The van der Waals surface area contributed by atoms with Gasteiger partial charge in [-0.05, 0) is 43.0 Å². The molecule has 11 heteroatoms. The minimum atomic E-state index is -0.604. The number of rotatable bonds is 4. The fraction of sp³-hybridized carbons (Fsp3) is 0.136. The van der Waals surface area contributed by atoms with Gasteiger partial charge in [0.2, 0.25) is 5.13 Å². The van der Waals surface area contributed by atoms with Gasteiger partial charge >= 0.3 is 0 Å². The summed E-state index contributed by atoms with van der Waals surface area (Å²) in [6, 6.07) is 6.91. The fourth-order valence-corrected chi connectivity index (χ4v) is 3.60. The first-order chi connectivity index (χ1) is 15.8. The number of hydrogen-bond donors (Lipinski definition) is 2. The smallest absolute Gasteiger partial charge is 0.258 e. The highest BCUT2D eigenvalue weighted by Crippen LogP contribution is 2.33. The first-order valence-corrected chi connectivity index (χ1v) is 10.4. The molecule has 3 aromatic heterocycles. The predicted molar refractivity (Wildman–Crippen MR) is 121 cm³/mol. The third kappa shape index (κ3) is 4.81. The number of nitrogens with one attached hydrogen (secondary N) is 2. The van der Waals surface area contributed by atoms with Crippen LogP contribution in [0.2, 0.25) is 0 Å². The number of aromatic amines is 1. The Morgan fingerprint density at radius 2 is 2.03 bits per heavy atom. The van der Waals surface area contributed by atoms with Crippen molar-refractivity contribution in [2.24, 2.45) is 7.05 Å². The second-order valence-corrected chi connectivity index (χ2v) is 7.92. The highest BCUT2D eigenvalue weighted by Gasteiger charge is 2.20. The van der Waals surface area contributed by atoms with Crippen LogP contribution < -0.4 is 15.6 Å². The number of carbonyl (C=O) groups is 1. The maximum Gasteiger partial charge on any atom is 0.258 e. The maximum atomic E-state index is 14.0. The molecule has 0 atom stereocenters. The number of benzene rings is 1. The Labute approximate surface area is 191 Å². The summed E-state index contributed by atoms with van der Waals surface area (Å²) in [6.45, 7) is 1.86. The van der Waals surface area contributed by atoms with E-state index in [-0.39, 0.29) is 10.7 Å². The van der Waals surface area contributed by atoms with E-state index in [0.29, 0.717) is 27.6 Å². The fourth-order valence-electron chi connectivity index (χ4n) is 3.01. The van der Waals surface area contributed by atoms with Gasteiger partial charge in [-0.3, -0.25) is 20.0 Å². The van der Waals surface area contributed by atoms with Gasteiger partial charge in [-0.25, -0.2) is 4.39 Å². The lowest BCUT2D eigenvalue weighted by Gasteiger charge is -2.14. The molecule has 166 valence electrons. The number of H-pyrrole nitrogens is 1. The van der Waals surface area contributed by atoms with Crippen molar-refractivity contribution >= 4 is 22.4 Å². The van der Waals surface area contributed by atoms with Crippen molar-refractivity contribution in [1.82, 2.24) is 25.0 Å². The van der Waals surface area contributed by atoms with E-state index in [1.165, 1.54) is 49.2 Å². The summed E-state index contributed by atoms with van der Waals surface area (Å²) in [5.41, 5.74) is 1.72. The van der Waals surface area contributed by atoms with Gasteiger partial charge in [0.25, 0.3) is 11.5 Å². The maximum absolute atomic E-state index is 14.0. The summed E-state index contributed by atoms with van der Waals surface area (Å²) in [5.74, 6) is 4.92. The highest BCUT2D eigenvalue weighted by atomic mass is 32.1. The van der Waals surface area contributed by atoms with Crippen molar-refractivity contribution in [3.05, 3.63) is 74.7 Å². The summed E-state index contributed by atoms with van der Waals surface area (Å²) in [5, 5.41) is 17.9. The molecule has 4 aromatic rings. The zero-order chi connectivity index (χ0) is 23.5. The third-order valence-corrected chi connectivity index (χ3v) is 5.33.